The van der Waals surface area contributed by atoms with Gasteiger partial charge >= 0.3 is 0 Å². The van der Waals surface area contributed by atoms with Crippen molar-refractivity contribution >= 4 is 21.4 Å². The molecule has 0 saturated heterocycles. The lowest BCUT2D eigenvalue weighted by Crippen LogP contribution is -2.14. The van der Waals surface area contributed by atoms with E-state index in [1.807, 2.05) is 6.07 Å². The maximum atomic E-state index is 12.7. The molecule has 3 aromatic rings. The Balaban J connectivity index is 2.15. The summed E-state index contributed by atoms with van der Waals surface area (Å²) < 4.78 is 33.0. The average Bonchev–Trinajstić information content (AvgIpc) is 2.74. The molecule has 29 heavy (non-hydrogen) atoms. The van der Waals surface area contributed by atoms with E-state index in [1.54, 1.807) is 18.2 Å². The zero-order valence-corrected chi connectivity index (χ0v) is 15.9. The van der Waals surface area contributed by atoms with Gasteiger partial charge in [-0.05, 0) is 30.3 Å². The number of hydrogen-bond donors (Lipinski definition) is 1. The second-order valence-corrected chi connectivity index (χ2v) is 7.46. The minimum atomic E-state index is -3.96. The lowest BCUT2D eigenvalue weighted by Gasteiger charge is -2.14. The van der Waals surface area contributed by atoms with Crippen molar-refractivity contribution < 1.29 is 18.1 Å². The highest BCUT2D eigenvalue weighted by atomic mass is 32.2. The van der Waals surface area contributed by atoms with Gasteiger partial charge in [0.2, 0.25) is 5.88 Å². The molecule has 10 heteroatoms. The van der Waals surface area contributed by atoms with Crippen molar-refractivity contribution in [3.8, 4) is 23.2 Å². The van der Waals surface area contributed by atoms with E-state index >= 15 is 0 Å². The molecule has 0 aliphatic heterocycles. The minimum Gasteiger partial charge on any atom is -0.480 e. The molecule has 0 saturated carbocycles. The topological polar surface area (TPSA) is 135 Å². The van der Waals surface area contributed by atoms with Gasteiger partial charge in [-0.15, -0.1) is 0 Å². The quantitative estimate of drug-likeness (QED) is 0.486. The lowest BCUT2D eigenvalue weighted by molar-refractivity contribution is -0.384. The molecule has 0 amide bonds. The zero-order chi connectivity index (χ0) is 21.0. The number of nitriles is 1. The monoisotopic (exact) mass is 410 g/mol. The van der Waals surface area contributed by atoms with Gasteiger partial charge in [-0.1, -0.05) is 18.2 Å². The third-order valence-corrected chi connectivity index (χ3v) is 5.33. The number of aromatic nitrogens is 1. The predicted molar refractivity (Wildman–Crippen MR) is 105 cm³/mol. The van der Waals surface area contributed by atoms with Gasteiger partial charge in [0.15, 0.2) is 0 Å². The Labute approximate surface area is 166 Å². The molecular formula is C19H14N4O5S. The van der Waals surface area contributed by atoms with E-state index in [0.29, 0.717) is 5.56 Å². The number of nitrogens with one attached hydrogen (secondary N) is 1. The van der Waals surface area contributed by atoms with Gasteiger partial charge in [0, 0.05) is 17.7 Å². The number of sulfonamides is 1. The summed E-state index contributed by atoms with van der Waals surface area (Å²) in [6, 6.07) is 16.3. The van der Waals surface area contributed by atoms with Crippen molar-refractivity contribution in [3.63, 3.8) is 0 Å². The van der Waals surface area contributed by atoms with E-state index in [0.717, 1.165) is 0 Å². The number of non-ortho nitro benzene ring substituents is 1. The standard InChI is InChI=1S/C19H14N4O5S/c1-28-19-14(12-20)11-17(22-29(26,27)16-5-3-2-4-6-16)18(21-19)13-7-9-15(10-8-13)23(24)25/h2-11,22H,1H3. The highest BCUT2D eigenvalue weighted by Crippen LogP contribution is 2.33. The molecule has 0 atom stereocenters. The summed E-state index contributed by atoms with van der Waals surface area (Å²) in [6.07, 6.45) is 0. The van der Waals surface area contributed by atoms with Gasteiger partial charge < -0.3 is 4.74 Å². The zero-order valence-electron chi connectivity index (χ0n) is 15.1. The first-order valence-electron chi connectivity index (χ1n) is 8.17. The molecule has 0 bridgehead atoms. The first kappa shape index (κ1) is 19.8. The van der Waals surface area contributed by atoms with Crippen LogP contribution in [0, 0.1) is 21.4 Å². The van der Waals surface area contributed by atoms with Crippen LogP contribution in [0.15, 0.2) is 65.6 Å². The number of nitro benzene ring substituents is 1. The van der Waals surface area contributed by atoms with Crippen molar-refractivity contribution in [3.05, 3.63) is 76.3 Å². The second kappa shape index (κ2) is 7.95. The van der Waals surface area contributed by atoms with Gasteiger partial charge in [-0.2, -0.15) is 5.26 Å². The van der Waals surface area contributed by atoms with E-state index in [9.17, 15) is 23.8 Å². The van der Waals surface area contributed by atoms with Crippen LogP contribution in [0.3, 0.4) is 0 Å². The Morgan fingerprint density at radius 2 is 1.79 bits per heavy atom. The Morgan fingerprint density at radius 3 is 2.34 bits per heavy atom. The molecular weight excluding hydrogens is 396 g/mol. The van der Waals surface area contributed by atoms with E-state index in [2.05, 4.69) is 9.71 Å². The van der Waals surface area contributed by atoms with Crippen LogP contribution >= 0.6 is 0 Å². The van der Waals surface area contributed by atoms with Crippen molar-refractivity contribution in [2.24, 2.45) is 0 Å². The van der Waals surface area contributed by atoms with Crippen molar-refractivity contribution in [2.75, 3.05) is 11.8 Å². The smallest absolute Gasteiger partial charge is 0.269 e. The van der Waals surface area contributed by atoms with Gasteiger partial charge in [0.1, 0.15) is 11.6 Å². The lowest BCUT2D eigenvalue weighted by atomic mass is 10.1. The third-order valence-electron chi connectivity index (χ3n) is 3.95. The van der Waals surface area contributed by atoms with Crippen LogP contribution in [-0.2, 0) is 10.0 Å². The number of ether oxygens (including phenoxy) is 1. The van der Waals surface area contributed by atoms with Crippen LogP contribution in [0.2, 0.25) is 0 Å². The summed E-state index contributed by atoms with van der Waals surface area (Å²) >= 11 is 0. The maximum Gasteiger partial charge on any atom is 0.269 e. The molecule has 1 aromatic heterocycles. The molecule has 0 fully saturated rings. The Hall–Kier alpha value is -3.97. The normalized spacial score (nSPS) is 10.8. The van der Waals surface area contributed by atoms with E-state index in [4.69, 9.17) is 4.74 Å². The number of rotatable bonds is 6. The van der Waals surface area contributed by atoms with Gasteiger partial charge in [0.05, 0.1) is 28.3 Å². The van der Waals surface area contributed by atoms with Crippen LogP contribution in [0.1, 0.15) is 5.56 Å². The highest BCUT2D eigenvalue weighted by Gasteiger charge is 2.20. The van der Waals surface area contributed by atoms with Crippen LogP contribution < -0.4 is 9.46 Å². The molecule has 3 rings (SSSR count). The van der Waals surface area contributed by atoms with E-state index in [1.165, 1.54) is 49.6 Å². The Bertz CT molecular complexity index is 1200. The largest absolute Gasteiger partial charge is 0.480 e. The molecule has 2 aromatic carbocycles. The summed E-state index contributed by atoms with van der Waals surface area (Å²) in [5, 5.41) is 20.2. The van der Waals surface area contributed by atoms with Crippen molar-refractivity contribution in [2.45, 2.75) is 4.90 Å². The number of nitrogens with zero attached hydrogens (tertiary/aromatic N) is 3. The molecule has 0 radical (unpaired) electrons. The number of anilines is 1. The fourth-order valence-electron chi connectivity index (χ4n) is 2.57. The van der Waals surface area contributed by atoms with Crippen LogP contribution in [0.5, 0.6) is 5.88 Å². The molecule has 0 spiro atoms. The first-order valence-corrected chi connectivity index (χ1v) is 9.66. The first-order chi connectivity index (χ1) is 13.9. The summed E-state index contributed by atoms with van der Waals surface area (Å²) in [7, 11) is -2.63. The molecule has 1 N–H and O–H groups in total. The second-order valence-electron chi connectivity index (χ2n) is 5.78. The molecule has 1 heterocycles. The number of benzene rings is 2. The summed E-state index contributed by atoms with van der Waals surface area (Å²) in [4.78, 5) is 14.6. The molecule has 0 aliphatic rings. The van der Waals surface area contributed by atoms with Crippen LogP contribution in [-0.4, -0.2) is 25.4 Å². The van der Waals surface area contributed by atoms with E-state index < -0.39 is 14.9 Å². The van der Waals surface area contributed by atoms with Gasteiger partial charge in [-0.3, -0.25) is 14.8 Å². The van der Waals surface area contributed by atoms with Gasteiger partial charge in [-0.25, -0.2) is 13.4 Å². The van der Waals surface area contributed by atoms with E-state index in [-0.39, 0.29) is 33.4 Å². The predicted octanol–water partition coefficient (Wildman–Crippen LogP) is 3.34. The molecule has 9 nitrogen and oxygen atoms in total. The van der Waals surface area contributed by atoms with Crippen molar-refractivity contribution in [1.29, 1.82) is 5.26 Å². The maximum absolute atomic E-state index is 12.7. The number of hydrogen-bond acceptors (Lipinski definition) is 7. The Morgan fingerprint density at radius 1 is 1.14 bits per heavy atom. The van der Waals surface area contributed by atoms with Crippen LogP contribution in [0.4, 0.5) is 11.4 Å². The summed E-state index contributed by atoms with van der Waals surface area (Å²) in [5.74, 6) is 0.00325. The molecule has 0 unspecified atom stereocenters. The molecule has 146 valence electrons. The number of pyridine rings is 1. The van der Waals surface area contributed by atoms with Crippen molar-refractivity contribution in [1.82, 2.24) is 4.98 Å². The number of methoxy groups -OCH3 is 1. The SMILES string of the molecule is COc1nc(-c2ccc([N+](=O)[O-])cc2)c(NS(=O)(=O)c2ccccc2)cc1C#N. The third kappa shape index (κ3) is 4.15. The fourth-order valence-corrected chi connectivity index (χ4v) is 3.65. The highest BCUT2D eigenvalue weighted by molar-refractivity contribution is 7.92. The molecule has 0 aliphatic carbocycles. The number of nitro groups is 1. The van der Waals surface area contributed by atoms with Gasteiger partial charge in [0.25, 0.3) is 15.7 Å². The minimum absolute atomic E-state index is 0.00325. The summed E-state index contributed by atoms with van der Waals surface area (Å²) in [5.41, 5.74) is 0.518. The fraction of sp³-hybridized carbons (Fsp3) is 0.0526. The van der Waals surface area contributed by atoms with Crippen LogP contribution in [0.25, 0.3) is 11.3 Å². The Kier molecular flexibility index (Phi) is 5.43. The average molecular weight is 410 g/mol. The summed E-state index contributed by atoms with van der Waals surface area (Å²) in [6.45, 7) is 0.